The fraction of sp³-hybridized carbons (Fsp3) is 0.265. The molecular formula is C34H29F6N3O5. The van der Waals surface area contributed by atoms with Crippen LogP contribution in [-0.4, -0.2) is 35.9 Å². The Morgan fingerprint density at radius 2 is 1.65 bits per heavy atom. The molecule has 4 aromatic rings. The van der Waals surface area contributed by atoms with E-state index in [1.165, 1.54) is 18.2 Å². The highest BCUT2D eigenvalue weighted by Crippen LogP contribution is 2.48. The minimum Gasteiger partial charge on any atom is -0.494 e. The van der Waals surface area contributed by atoms with Gasteiger partial charge >= 0.3 is 12.4 Å². The summed E-state index contributed by atoms with van der Waals surface area (Å²) in [4.78, 5) is 26.8. The Labute approximate surface area is 270 Å². The Balaban J connectivity index is 1.42. The summed E-state index contributed by atoms with van der Waals surface area (Å²) >= 11 is 0. The molecule has 1 unspecified atom stereocenters. The Morgan fingerprint density at radius 1 is 0.958 bits per heavy atom. The molecule has 2 amide bonds. The number of halogens is 6. The Kier molecular flexibility index (Phi) is 9.82. The number of carbonyl (C=O) groups excluding carboxylic acids is 2. The van der Waals surface area contributed by atoms with Crippen LogP contribution in [-0.2, 0) is 16.9 Å². The van der Waals surface area contributed by atoms with Crippen LogP contribution in [0.25, 0.3) is 5.57 Å². The fourth-order valence-corrected chi connectivity index (χ4v) is 5.07. The Bertz CT molecular complexity index is 1770. The third-order valence-electron chi connectivity index (χ3n) is 7.58. The summed E-state index contributed by atoms with van der Waals surface area (Å²) in [6.45, 7) is 1.61. The largest absolute Gasteiger partial charge is 0.494 e. The first kappa shape index (κ1) is 34.1. The number of nitrogens with zero attached hydrogens (tertiary/aromatic N) is 1. The van der Waals surface area contributed by atoms with E-state index in [0.717, 1.165) is 23.3 Å². The highest BCUT2D eigenvalue weighted by molar-refractivity contribution is 6.08. The van der Waals surface area contributed by atoms with Gasteiger partial charge in [0.25, 0.3) is 17.7 Å². The molecule has 8 nitrogen and oxygen atoms in total. The first-order valence-corrected chi connectivity index (χ1v) is 14.7. The number of aryl methyl sites for hydroxylation is 1. The van der Waals surface area contributed by atoms with Crippen LogP contribution in [0, 0.1) is 6.92 Å². The van der Waals surface area contributed by atoms with E-state index >= 15 is 13.2 Å². The maximum atomic E-state index is 15.0. The van der Waals surface area contributed by atoms with E-state index in [1.54, 1.807) is 31.2 Å². The van der Waals surface area contributed by atoms with Crippen molar-refractivity contribution in [3.8, 4) is 11.6 Å². The van der Waals surface area contributed by atoms with Gasteiger partial charge < -0.3 is 24.6 Å². The molecule has 1 aliphatic heterocycles. The quantitative estimate of drug-likeness (QED) is 0.127. The molecule has 2 heterocycles. The highest BCUT2D eigenvalue weighted by atomic mass is 19.4. The predicted octanol–water partition coefficient (Wildman–Crippen LogP) is 7.40. The normalized spacial score (nSPS) is 16.8. The lowest BCUT2D eigenvalue weighted by atomic mass is 9.77. The van der Waals surface area contributed by atoms with Crippen LogP contribution >= 0.6 is 0 Å². The molecule has 2 N–H and O–H groups in total. The molecule has 1 atom stereocenters. The topological polar surface area (TPSA) is 103 Å². The first-order chi connectivity index (χ1) is 22.7. The highest BCUT2D eigenvalue weighted by Gasteiger charge is 2.59. The number of hydrogen-bond donors (Lipinski definition) is 2. The van der Waals surface area contributed by atoms with E-state index in [-0.39, 0.29) is 53.7 Å². The smallest absolute Gasteiger partial charge is 0.416 e. The average molecular weight is 674 g/mol. The number of rotatable bonds is 11. The molecule has 0 saturated carbocycles. The Morgan fingerprint density at radius 3 is 2.29 bits per heavy atom. The summed E-state index contributed by atoms with van der Waals surface area (Å²) in [6.07, 6.45) is -11.6. The second kappa shape index (κ2) is 13.8. The number of alkyl halides is 6. The summed E-state index contributed by atoms with van der Waals surface area (Å²) in [7, 11) is 0. The Hall–Kier alpha value is -5.27. The maximum absolute atomic E-state index is 15.0. The van der Waals surface area contributed by atoms with Gasteiger partial charge in [0.1, 0.15) is 18.1 Å². The number of nitrogens with one attached hydrogen (secondary N) is 2. The zero-order valence-electron chi connectivity index (χ0n) is 25.4. The number of hydrogen-bond acceptors (Lipinski definition) is 6. The van der Waals surface area contributed by atoms with Crippen molar-refractivity contribution in [1.82, 2.24) is 15.8 Å². The van der Waals surface area contributed by atoms with Gasteiger partial charge in [-0.2, -0.15) is 26.3 Å². The van der Waals surface area contributed by atoms with Gasteiger partial charge in [-0.15, -0.1) is 0 Å². The molecule has 3 aromatic carbocycles. The van der Waals surface area contributed by atoms with Crippen LogP contribution in [0.15, 0.2) is 95.1 Å². The van der Waals surface area contributed by atoms with Crippen molar-refractivity contribution in [3.05, 3.63) is 119 Å². The molecular weight excluding hydrogens is 644 g/mol. The van der Waals surface area contributed by atoms with E-state index in [9.17, 15) is 22.8 Å². The molecule has 1 aromatic heterocycles. The third-order valence-corrected chi connectivity index (χ3v) is 7.58. The van der Waals surface area contributed by atoms with Crippen molar-refractivity contribution in [2.24, 2.45) is 0 Å². The van der Waals surface area contributed by atoms with E-state index in [0.29, 0.717) is 0 Å². The maximum Gasteiger partial charge on any atom is 0.416 e. The van der Waals surface area contributed by atoms with Gasteiger partial charge in [0.05, 0.1) is 12.7 Å². The van der Waals surface area contributed by atoms with E-state index < -0.39 is 48.2 Å². The first-order valence-electron chi connectivity index (χ1n) is 14.7. The zero-order chi connectivity index (χ0) is 34.5. The van der Waals surface area contributed by atoms with Crippen molar-refractivity contribution in [2.75, 3.05) is 6.61 Å². The molecule has 5 rings (SSSR count). The van der Waals surface area contributed by atoms with Crippen molar-refractivity contribution >= 4 is 17.4 Å². The SMILES string of the molecule is Cc1ccc(C2=C(NC(=O)c3cc(OCc4ccccc4)no3)C(=O)NC(c3ccc(OCCCC(F)(F)F)cc3)(C(F)(F)F)C2)cc1. The fourth-order valence-electron chi connectivity index (χ4n) is 5.07. The number of benzene rings is 3. The average Bonchev–Trinajstić information content (AvgIpc) is 3.53. The molecule has 48 heavy (non-hydrogen) atoms. The van der Waals surface area contributed by atoms with Gasteiger partial charge in [0.2, 0.25) is 5.76 Å². The van der Waals surface area contributed by atoms with E-state index in [4.69, 9.17) is 14.0 Å². The molecule has 0 bridgehead atoms. The van der Waals surface area contributed by atoms with Crippen molar-refractivity contribution in [2.45, 2.75) is 50.7 Å². The van der Waals surface area contributed by atoms with Gasteiger partial charge in [-0.1, -0.05) is 72.3 Å². The lowest BCUT2D eigenvalue weighted by molar-refractivity contribution is -0.201. The molecule has 0 aliphatic carbocycles. The van der Waals surface area contributed by atoms with E-state index in [1.807, 2.05) is 30.3 Å². The summed E-state index contributed by atoms with van der Waals surface area (Å²) in [5.41, 5.74) is -1.91. The molecule has 252 valence electrons. The predicted molar refractivity (Wildman–Crippen MR) is 161 cm³/mol. The second-order valence-electron chi connectivity index (χ2n) is 11.1. The van der Waals surface area contributed by atoms with Gasteiger partial charge in [-0.3, -0.25) is 9.59 Å². The van der Waals surface area contributed by atoms with Gasteiger partial charge in [0, 0.05) is 12.8 Å². The minimum absolute atomic E-state index is 0.0197. The lowest BCUT2D eigenvalue weighted by Gasteiger charge is -2.41. The summed E-state index contributed by atoms with van der Waals surface area (Å²) in [5, 5.41) is 8.16. The summed E-state index contributed by atoms with van der Waals surface area (Å²) in [5.74, 6) is -2.47. The molecule has 0 fully saturated rings. The van der Waals surface area contributed by atoms with Gasteiger partial charge in [0.15, 0.2) is 5.54 Å². The standard InChI is InChI=1S/C34H29F6N3O5/c1-21-8-10-23(11-9-21)26-19-32(34(38,39)40,24-12-14-25(15-13-24)46-17-5-16-33(35,36)37)42-31(45)29(26)41-30(44)27-18-28(43-48-27)47-20-22-6-3-2-4-7-22/h2-4,6-15,18H,5,16-17,19-20H2,1H3,(H,41,44)(H,42,45). The summed E-state index contributed by atoms with van der Waals surface area (Å²) < 4.78 is 98.3. The third kappa shape index (κ3) is 7.99. The minimum atomic E-state index is -5.03. The molecule has 0 spiro atoms. The van der Waals surface area contributed by atoms with Gasteiger partial charge in [-0.25, -0.2) is 0 Å². The van der Waals surface area contributed by atoms with E-state index in [2.05, 4.69) is 15.8 Å². The lowest BCUT2D eigenvalue weighted by Crippen LogP contribution is -2.60. The molecule has 1 aliphatic rings. The number of carbonyl (C=O) groups is 2. The van der Waals surface area contributed by atoms with Crippen LogP contribution in [0.1, 0.15) is 52.1 Å². The van der Waals surface area contributed by atoms with Crippen LogP contribution in [0.2, 0.25) is 0 Å². The monoisotopic (exact) mass is 673 g/mol. The van der Waals surface area contributed by atoms with Crippen LogP contribution < -0.4 is 20.1 Å². The summed E-state index contributed by atoms with van der Waals surface area (Å²) in [6, 6.07) is 21.3. The molecule has 14 heteroatoms. The number of aromatic nitrogens is 1. The molecule has 0 radical (unpaired) electrons. The second-order valence-corrected chi connectivity index (χ2v) is 11.1. The number of ether oxygens (including phenoxy) is 2. The van der Waals surface area contributed by atoms with Crippen molar-refractivity contribution in [3.63, 3.8) is 0 Å². The van der Waals surface area contributed by atoms with Gasteiger partial charge in [-0.05, 0) is 52.9 Å². The van der Waals surface area contributed by atoms with Crippen LogP contribution in [0.5, 0.6) is 11.6 Å². The van der Waals surface area contributed by atoms with Crippen molar-refractivity contribution < 1.29 is 49.9 Å². The zero-order valence-corrected chi connectivity index (χ0v) is 25.4. The van der Waals surface area contributed by atoms with Crippen LogP contribution in [0.4, 0.5) is 26.3 Å². The van der Waals surface area contributed by atoms with Crippen molar-refractivity contribution in [1.29, 1.82) is 0 Å². The van der Waals surface area contributed by atoms with Crippen LogP contribution in [0.3, 0.4) is 0 Å². The molecule has 0 saturated heterocycles. The number of amides is 2.